The Bertz CT molecular complexity index is 1190. The molecule has 3 N–H and O–H groups in total. The fraction of sp³-hybridized carbons (Fsp3) is 0.0500. The van der Waals surface area contributed by atoms with Gasteiger partial charge in [-0.1, -0.05) is 48.0 Å². The molecule has 0 atom stereocenters. The molecule has 0 fully saturated rings. The average Bonchev–Trinajstić information content (AvgIpc) is 2.69. The zero-order valence-electron chi connectivity index (χ0n) is 15.2. The van der Waals surface area contributed by atoms with E-state index in [1.807, 2.05) is 5.32 Å². The zero-order valence-corrected chi connectivity index (χ0v) is 16.8. The lowest BCUT2D eigenvalue weighted by Gasteiger charge is -2.17. The molecule has 0 saturated carbocycles. The number of primary sulfonamides is 1. The molecule has 1 amide bonds. The minimum absolute atomic E-state index is 0.160. The molecule has 0 spiro atoms. The molecule has 0 unspecified atom stereocenters. The predicted molar refractivity (Wildman–Crippen MR) is 108 cm³/mol. The lowest BCUT2D eigenvalue weighted by molar-refractivity contribution is -0.140. The van der Waals surface area contributed by atoms with Crippen molar-refractivity contribution in [2.45, 2.75) is 10.8 Å². The highest BCUT2D eigenvalue weighted by Gasteiger charge is 2.40. The van der Waals surface area contributed by atoms with Crippen molar-refractivity contribution in [3.63, 3.8) is 0 Å². The first kappa shape index (κ1) is 21.7. The molecule has 10 heteroatoms. The first-order chi connectivity index (χ1) is 14.1. The number of benzene rings is 3. The van der Waals surface area contributed by atoms with Gasteiger partial charge in [0.25, 0.3) is 5.91 Å². The van der Waals surface area contributed by atoms with Crippen molar-refractivity contribution in [2.75, 3.05) is 5.32 Å². The zero-order chi connectivity index (χ0) is 21.9. The molecule has 0 radical (unpaired) electrons. The molecular formula is C20H15ClF2N2O4S. The fourth-order valence-corrected chi connectivity index (χ4v) is 3.40. The van der Waals surface area contributed by atoms with Crippen molar-refractivity contribution in [3.8, 4) is 11.5 Å². The number of hydrogen-bond donors (Lipinski definition) is 2. The Morgan fingerprint density at radius 2 is 1.70 bits per heavy atom. The highest BCUT2D eigenvalue weighted by Crippen LogP contribution is 2.33. The minimum Gasteiger partial charge on any atom is -0.456 e. The van der Waals surface area contributed by atoms with Crippen LogP contribution in [0.15, 0.2) is 77.7 Å². The van der Waals surface area contributed by atoms with Gasteiger partial charge in [-0.3, -0.25) is 4.79 Å². The van der Waals surface area contributed by atoms with E-state index in [4.69, 9.17) is 21.5 Å². The second-order valence-electron chi connectivity index (χ2n) is 6.16. The van der Waals surface area contributed by atoms with Gasteiger partial charge in [-0.2, -0.15) is 8.78 Å². The van der Waals surface area contributed by atoms with Gasteiger partial charge in [-0.15, -0.1) is 0 Å². The topological polar surface area (TPSA) is 98.5 Å². The van der Waals surface area contributed by atoms with Crippen LogP contribution in [0.2, 0.25) is 5.02 Å². The van der Waals surface area contributed by atoms with Crippen LogP contribution in [-0.2, 0) is 20.7 Å². The molecule has 30 heavy (non-hydrogen) atoms. The quantitative estimate of drug-likeness (QED) is 0.574. The predicted octanol–water partition coefficient (Wildman–Crippen LogP) is 4.51. The third-order valence-electron chi connectivity index (χ3n) is 3.95. The van der Waals surface area contributed by atoms with Crippen LogP contribution in [0.1, 0.15) is 5.56 Å². The average molecular weight is 453 g/mol. The van der Waals surface area contributed by atoms with E-state index in [-0.39, 0.29) is 17.2 Å². The van der Waals surface area contributed by atoms with E-state index in [1.165, 1.54) is 42.5 Å². The normalized spacial score (nSPS) is 11.7. The molecule has 0 aliphatic rings. The smallest absolute Gasteiger partial charge is 0.350 e. The largest absolute Gasteiger partial charge is 0.456 e. The van der Waals surface area contributed by atoms with Crippen molar-refractivity contribution in [3.05, 3.63) is 83.4 Å². The molecule has 0 bridgehead atoms. The number of carbonyl (C=O) groups is 1. The summed E-state index contributed by atoms with van der Waals surface area (Å²) in [7, 11) is -4.31. The Morgan fingerprint density at radius 1 is 1.00 bits per heavy atom. The van der Waals surface area contributed by atoms with Crippen LogP contribution in [0.5, 0.6) is 11.5 Å². The van der Waals surface area contributed by atoms with Crippen molar-refractivity contribution in [1.29, 1.82) is 0 Å². The molecule has 156 valence electrons. The fourth-order valence-electron chi connectivity index (χ4n) is 2.54. The second-order valence-corrected chi connectivity index (χ2v) is 8.13. The van der Waals surface area contributed by atoms with Gasteiger partial charge in [-0.05, 0) is 36.4 Å². The van der Waals surface area contributed by atoms with E-state index in [9.17, 15) is 22.0 Å². The number of nitrogens with two attached hydrogens (primary N) is 1. The van der Waals surface area contributed by atoms with Gasteiger partial charge >= 0.3 is 5.92 Å². The minimum atomic E-state index is -4.31. The van der Waals surface area contributed by atoms with E-state index in [0.29, 0.717) is 5.02 Å². The highest BCUT2D eigenvalue weighted by molar-refractivity contribution is 7.89. The molecule has 3 rings (SSSR count). The Hall–Kier alpha value is -3.01. The maximum absolute atomic E-state index is 14.4. The Morgan fingerprint density at radius 3 is 2.33 bits per heavy atom. The third kappa shape index (κ3) is 4.93. The molecule has 3 aromatic rings. The number of nitrogens with one attached hydrogen (secondary N) is 1. The maximum Gasteiger partial charge on any atom is 0.350 e. The summed E-state index contributed by atoms with van der Waals surface area (Å²) in [5, 5.41) is 7.59. The van der Waals surface area contributed by atoms with Crippen LogP contribution < -0.4 is 15.2 Å². The lowest BCUT2D eigenvalue weighted by Crippen LogP contribution is -2.32. The summed E-state index contributed by atoms with van der Waals surface area (Å²) >= 11 is 5.88. The summed E-state index contributed by atoms with van der Waals surface area (Å²) in [6, 6.07) is 16.0. The van der Waals surface area contributed by atoms with Gasteiger partial charge < -0.3 is 10.1 Å². The maximum atomic E-state index is 14.4. The lowest BCUT2D eigenvalue weighted by atomic mass is 10.1. The molecular weight excluding hydrogens is 438 g/mol. The van der Waals surface area contributed by atoms with E-state index < -0.39 is 32.3 Å². The molecule has 0 saturated heterocycles. The highest BCUT2D eigenvalue weighted by atomic mass is 35.5. The van der Waals surface area contributed by atoms with Crippen molar-refractivity contribution in [2.24, 2.45) is 5.14 Å². The summed E-state index contributed by atoms with van der Waals surface area (Å²) in [6.07, 6.45) is 0. The van der Waals surface area contributed by atoms with E-state index in [0.717, 1.165) is 18.2 Å². The number of halogens is 3. The number of anilines is 1. The van der Waals surface area contributed by atoms with Crippen molar-refractivity contribution in [1.82, 2.24) is 0 Å². The number of hydrogen-bond acceptors (Lipinski definition) is 4. The van der Waals surface area contributed by atoms with Gasteiger partial charge in [0, 0.05) is 16.3 Å². The summed E-state index contributed by atoms with van der Waals surface area (Å²) in [4.78, 5) is 11.6. The standard InChI is InChI=1S/C20H15ClF2N2O4S/c21-14-7-4-8-16(11-14)29-17-10-9-15(12-18(17)30(24,27)28)25-19(26)20(22,23)13-5-2-1-3-6-13/h1-12H,(H,25,26)(H2,24,27,28). The number of alkyl halides is 2. The molecule has 3 aromatic carbocycles. The summed E-state index contributed by atoms with van der Waals surface area (Å²) in [5.41, 5.74) is -0.701. The molecule has 6 nitrogen and oxygen atoms in total. The summed E-state index contributed by atoms with van der Waals surface area (Å²) < 4.78 is 58.2. The number of rotatable bonds is 6. The van der Waals surface area contributed by atoms with Crippen LogP contribution >= 0.6 is 11.6 Å². The van der Waals surface area contributed by atoms with Gasteiger partial charge in [0.2, 0.25) is 10.0 Å². The first-order valence-electron chi connectivity index (χ1n) is 8.42. The molecule has 0 aromatic heterocycles. The Balaban J connectivity index is 1.91. The van der Waals surface area contributed by atoms with Gasteiger partial charge in [-0.25, -0.2) is 13.6 Å². The van der Waals surface area contributed by atoms with Crippen LogP contribution in [0.25, 0.3) is 0 Å². The van der Waals surface area contributed by atoms with Crippen LogP contribution in [0.4, 0.5) is 14.5 Å². The van der Waals surface area contributed by atoms with E-state index in [1.54, 1.807) is 12.1 Å². The Kier molecular flexibility index (Phi) is 6.06. The second kappa shape index (κ2) is 8.39. The van der Waals surface area contributed by atoms with Crippen LogP contribution in [-0.4, -0.2) is 14.3 Å². The van der Waals surface area contributed by atoms with Gasteiger partial charge in [0.1, 0.15) is 16.4 Å². The number of carbonyl (C=O) groups excluding carboxylic acids is 1. The molecule has 0 heterocycles. The molecule has 0 aliphatic heterocycles. The van der Waals surface area contributed by atoms with Gasteiger partial charge in [0.05, 0.1) is 0 Å². The SMILES string of the molecule is NS(=O)(=O)c1cc(NC(=O)C(F)(F)c2ccccc2)ccc1Oc1cccc(Cl)c1. The number of ether oxygens (including phenoxy) is 1. The first-order valence-corrected chi connectivity index (χ1v) is 10.3. The molecule has 0 aliphatic carbocycles. The van der Waals surface area contributed by atoms with Crippen molar-refractivity contribution >= 4 is 33.2 Å². The van der Waals surface area contributed by atoms with Crippen molar-refractivity contribution < 1.29 is 26.7 Å². The van der Waals surface area contributed by atoms with Gasteiger partial charge in [0.15, 0.2) is 0 Å². The summed E-state index contributed by atoms with van der Waals surface area (Å²) in [6.45, 7) is 0. The van der Waals surface area contributed by atoms with E-state index in [2.05, 4.69) is 0 Å². The van der Waals surface area contributed by atoms with Crippen LogP contribution in [0.3, 0.4) is 0 Å². The third-order valence-corrected chi connectivity index (χ3v) is 5.12. The van der Waals surface area contributed by atoms with Crippen LogP contribution in [0, 0.1) is 0 Å². The monoisotopic (exact) mass is 452 g/mol. The number of amides is 1. The Labute approximate surface area is 176 Å². The number of sulfonamides is 1. The summed E-state index contributed by atoms with van der Waals surface area (Å²) in [5.74, 6) is -5.39. The van der Waals surface area contributed by atoms with E-state index >= 15 is 0 Å².